The van der Waals surface area contributed by atoms with Gasteiger partial charge >= 0.3 is 0 Å². The van der Waals surface area contributed by atoms with Gasteiger partial charge in [-0.15, -0.1) is 0 Å². The summed E-state index contributed by atoms with van der Waals surface area (Å²) in [5.41, 5.74) is 0.848. The quantitative estimate of drug-likeness (QED) is 0.404. The second kappa shape index (κ2) is 12.1. The van der Waals surface area contributed by atoms with Gasteiger partial charge in [-0.2, -0.15) is 0 Å². The fourth-order valence-corrected chi connectivity index (χ4v) is 2.94. The van der Waals surface area contributed by atoms with Gasteiger partial charge < -0.3 is 9.47 Å². The SMILES string of the molecule is CCCCCCCCSC(=O)/C=C/c1cc(OC)ccc1OC. The Labute approximate surface area is 144 Å². The molecule has 4 heteroatoms. The van der Waals surface area contributed by atoms with E-state index < -0.39 is 0 Å². The summed E-state index contributed by atoms with van der Waals surface area (Å²) >= 11 is 1.39. The second-order valence-corrected chi connectivity index (χ2v) is 6.48. The molecule has 0 aromatic heterocycles. The van der Waals surface area contributed by atoms with Gasteiger partial charge in [-0.25, -0.2) is 0 Å². The van der Waals surface area contributed by atoms with Crippen molar-refractivity contribution >= 4 is 23.0 Å². The Morgan fingerprint density at radius 2 is 1.83 bits per heavy atom. The zero-order valence-corrected chi connectivity index (χ0v) is 15.3. The summed E-state index contributed by atoms with van der Waals surface area (Å²) in [6.07, 6.45) is 10.9. The summed E-state index contributed by atoms with van der Waals surface area (Å²) in [5, 5.41) is 0.0865. The lowest BCUT2D eigenvalue weighted by molar-refractivity contribution is -0.106. The number of carbonyl (C=O) groups excluding carboxylic acids is 1. The topological polar surface area (TPSA) is 35.5 Å². The minimum atomic E-state index is 0.0865. The predicted molar refractivity (Wildman–Crippen MR) is 99.4 cm³/mol. The number of hydrogen-bond acceptors (Lipinski definition) is 4. The number of ether oxygens (including phenoxy) is 2. The van der Waals surface area contributed by atoms with Crippen molar-refractivity contribution in [2.45, 2.75) is 45.4 Å². The molecule has 1 aromatic rings. The number of hydrogen-bond donors (Lipinski definition) is 0. The molecule has 1 rings (SSSR count). The maximum Gasteiger partial charge on any atom is 0.212 e. The minimum absolute atomic E-state index is 0.0865. The largest absolute Gasteiger partial charge is 0.497 e. The molecule has 0 heterocycles. The third-order valence-corrected chi connectivity index (χ3v) is 4.49. The molecule has 3 nitrogen and oxygen atoms in total. The van der Waals surface area contributed by atoms with Crippen LogP contribution in [-0.2, 0) is 4.79 Å². The first-order valence-corrected chi connectivity index (χ1v) is 9.26. The van der Waals surface area contributed by atoms with E-state index in [1.165, 1.54) is 43.9 Å². The summed E-state index contributed by atoms with van der Waals surface area (Å²) in [4.78, 5) is 11.9. The molecule has 0 saturated carbocycles. The molecular formula is C19H28O3S. The molecule has 0 unspecified atom stereocenters. The summed E-state index contributed by atoms with van der Waals surface area (Å²) in [5.74, 6) is 2.37. The van der Waals surface area contributed by atoms with E-state index in [0.717, 1.165) is 29.2 Å². The average molecular weight is 336 g/mol. The molecule has 0 radical (unpaired) electrons. The van der Waals surface area contributed by atoms with E-state index in [9.17, 15) is 4.79 Å². The molecule has 0 fully saturated rings. The van der Waals surface area contributed by atoms with E-state index in [4.69, 9.17) is 9.47 Å². The molecule has 23 heavy (non-hydrogen) atoms. The zero-order chi connectivity index (χ0) is 16.9. The van der Waals surface area contributed by atoms with Crippen molar-refractivity contribution < 1.29 is 14.3 Å². The maximum absolute atomic E-state index is 11.9. The Morgan fingerprint density at radius 3 is 2.52 bits per heavy atom. The Balaban J connectivity index is 2.37. The molecule has 128 valence electrons. The van der Waals surface area contributed by atoms with Crippen LogP contribution in [0.25, 0.3) is 6.08 Å². The number of methoxy groups -OCH3 is 2. The van der Waals surface area contributed by atoms with Crippen LogP contribution in [0.4, 0.5) is 0 Å². The number of thioether (sulfide) groups is 1. The summed E-state index contributed by atoms with van der Waals surface area (Å²) in [6, 6.07) is 5.54. The molecule has 0 N–H and O–H groups in total. The number of rotatable bonds is 11. The van der Waals surface area contributed by atoms with Crippen molar-refractivity contribution in [3.8, 4) is 11.5 Å². The Bertz CT molecular complexity index is 497. The van der Waals surface area contributed by atoms with E-state index >= 15 is 0 Å². The van der Waals surface area contributed by atoms with Gasteiger partial charge in [-0.1, -0.05) is 50.8 Å². The van der Waals surface area contributed by atoms with Gasteiger partial charge in [0.25, 0.3) is 0 Å². The fraction of sp³-hybridized carbons (Fsp3) is 0.526. The van der Waals surface area contributed by atoms with Crippen LogP contribution >= 0.6 is 11.8 Å². The Morgan fingerprint density at radius 1 is 1.09 bits per heavy atom. The highest BCUT2D eigenvalue weighted by molar-refractivity contribution is 8.14. The lowest BCUT2D eigenvalue weighted by atomic mass is 10.1. The van der Waals surface area contributed by atoms with Crippen molar-refractivity contribution in [3.05, 3.63) is 29.8 Å². The fourth-order valence-electron chi connectivity index (χ4n) is 2.23. The first-order valence-electron chi connectivity index (χ1n) is 8.28. The molecule has 1 aromatic carbocycles. The monoisotopic (exact) mass is 336 g/mol. The smallest absolute Gasteiger partial charge is 0.212 e. The lowest BCUT2D eigenvalue weighted by Crippen LogP contribution is -1.91. The van der Waals surface area contributed by atoms with Crippen LogP contribution in [0.2, 0.25) is 0 Å². The van der Waals surface area contributed by atoms with Crippen LogP contribution in [0, 0.1) is 0 Å². The van der Waals surface area contributed by atoms with E-state index in [1.807, 2.05) is 18.2 Å². The van der Waals surface area contributed by atoms with Crippen LogP contribution in [-0.4, -0.2) is 25.1 Å². The van der Waals surface area contributed by atoms with Gasteiger partial charge in [0.05, 0.1) is 14.2 Å². The Hall–Kier alpha value is -1.42. The van der Waals surface area contributed by atoms with Crippen molar-refractivity contribution in [2.75, 3.05) is 20.0 Å². The van der Waals surface area contributed by atoms with E-state index in [-0.39, 0.29) is 5.12 Å². The zero-order valence-electron chi connectivity index (χ0n) is 14.5. The first kappa shape index (κ1) is 19.6. The van der Waals surface area contributed by atoms with Gasteiger partial charge in [0.2, 0.25) is 5.12 Å². The van der Waals surface area contributed by atoms with Crippen molar-refractivity contribution in [2.24, 2.45) is 0 Å². The normalized spacial score (nSPS) is 10.9. The number of benzene rings is 1. The van der Waals surface area contributed by atoms with E-state index in [0.29, 0.717) is 0 Å². The van der Waals surface area contributed by atoms with E-state index in [2.05, 4.69) is 6.92 Å². The molecule has 0 saturated heterocycles. The molecule has 0 aliphatic carbocycles. The highest BCUT2D eigenvalue weighted by atomic mass is 32.2. The Kier molecular flexibility index (Phi) is 10.3. The first-order chi connectivity index (χ1) is 11.2. The van der Waals surface area contributed by atoms with Crippen LogP contribution in [0.3, 0.4) is 0 Å². The van der Waals surface area contributed by atoms with Gasteiger partial charge in [-0.05, 0) is 36.8 Å². The second-order valence-electron chi connectivity index (χ2n) is 5.38. The van der Waals surface area contributed by atoms with Gasteiger partial charge in [0, 0.05) is 11.3 Å². The highest BCUT2D eigenvalue weighted by Gasteiger charge is 2.03. The van der Waals surface area contributed by atoms with Crippen LogP contribution in [0.5, 0.6) is 11.5 Å². The highest BCUT2D eigenvalue weighted by Crippen LogP contribution is 2.25. The average Bonchev–Trinajstić information content (AvgIpc) is 2.58. The third kappa shape index (κ3) is 8.12. The van der Waals surface area contributed by atoms with Crippen LogP contribution in [0.15, 0.2) is 24.3 Å². The lowest BCUT2D eigenvalue weighted by Gasteiger charge is -2.07. The van der Waals surface area contributed by atoms with E-state index in [1.54, 1.807) is 26.4 Å². The molecular weight excluding hydrogens is 308 g/mol. The molecule has 0 spiro atoms. The molecule has 0 amide bonds. The van der Waals surface area contributed by atoms with Crippen LogP contribution < -0.4 is 9.47 Å². The predicted octanol–water partition coefficient (Wildman–Crippen LogP) is 5.34. The van der Waals surface area contributed by atoms with Gasteiger partial charge in [0.1, 0.15) is 11.5 Å². The summed E-state index contributed by atoms with van der Waals surface area (Å²) in [7, 11) is 3.24. The molecule has 0 atom stereocenters. The van der Waals surface area contributed by atoms with Crippen LogP contribution in [0.1, 0.15) is 51.0 Å². The molecule has 0 aliphatic rings. The van der Waals surface area contributed by atoms with Crippen molar-refractivity contribution in [1.29, 1.82) is 0 Å². The summed E-state index contributed by atoms with van der Waals surface area (Å²) in [6.45, 7) is 2.22. The van der Waals surface area contributed by atoms with Gasteiger partial charge in [-0.3, -0.25) is 4.79 Å². The van der Waals surface area contributed by atoms with Crippen molar-refractivity contribution in [3.63, 3.8) is 0 Å². The third-order valence-electron chi connectivity index (χ3n) is 3.58. The number of carbonyl (C=O) groups is 1. The molecule has 0 bridgehead atoms. The standard InChI is InChI=1S/C19H28O3S/c1-4-5-6-7-8-9-14-23-19(20)13-10-16-15-17(21-2)11-12-18(16)22-3/h10-13,15H,4-9,14H2,1-3H3/b13-10+. The number of unbranched alkanes of at least 4 members (excludes halogenated alkanes) is 5. The minimum Gasteiger partial charge on any atom is -0.497 e. The van der Waals surface area contributed by atoms with Gasteiger partial charge in [0.15, 0.2) is 0 Å². The summed E-state index contributed by atoms with van der Waals surface area (Å²) < 4.78 is 10.5. The maximum atomic E-state index is 11.9. The van der Waals surface area contributed by atoms with Crippen molar-refractivity contribution in [1.82, 2.24) is 0 Å². The molecule has 0 aliphatic heterocycles.